The fourth-order valence-electron chi connectivity index (χ4n) is 1.06. The first-order chi connectivity index (χ1) is 6.93. The first-order valence-electron chi connectivity index (χ1n) is 5.07. The summed E-state index contributed by atoms with van der Waals surface area (Å²) in [4.78, 5) is 22.6. The molecule has 0 aromatic rings. The molecule has 3 atom stereocenters. The Hall–Kier alpha value is -0.810. The molecule has 0 radical (unpaired) electrons. The minimum Gasteiger partial charge on any atom is -0.467 e. The summed E-state index contributed by atoms with van der Waals surface area (Å²) in [6, 6.07) is -1.24. The number of ether oxygens (including phenoxy) is 1. The van der Waals surface area contributed by atoms with E-state index in [2.05, 4.69) is 10.1 Å². The molecule has 0 bridgehead atoms. The highest BCUT2D eigenvalue weighted by Crippen LogP contribution is 2.05. The van der Waals surface area contributed by atoms with Gasteiger partial charge in [-0.05, 0) is 12.8 Å². The number of hydrogen-bond acceptors (Lipinski definition) is 4. The number of nitrogens with one attached hydrogen (secondary N) is 1. The lowest BCUT2D eigenvalue weighted by molar-refractivity contribution is -0.144. The van der Waals surface area contributed by atoms with E-state index < -0.39 is 18.1 Å². The van der Waals surface area contributed by atoms with Gasteiger partial charge >= 0.3 is 5.97 Å². The third kappa shape index (κ3) is 5.32. The van der Waals surface area contributed by atoms with Gasteiger partial charge in [0.1, 0.15) is 6.04 Å². The molecule has 0 aliphatic rings. The number of hydrogen-bond donors (Lipinski definition) is 2. The second kappa shape index (κ2) is 8.35. The Bertz CT molecular complexity index is 236. The monoisotopic (exact) mass is 252 g/mol. The molecule has 0 fully saturated rings. The van der Waals surface area contributed by atoms with E-state index >= 15 is 0 Å². The molecule has 3 N–H and O–H groups in total. The van der Waals surface area contributed by atoms with Crippen LogP contribution in [0.25, 0.3) is 0 Å². The minimum atomic E-state index is -0.655. The van der Waals surface area contributed by atoms with Crippen molar-refractivity contribution in [1.29, 1.82) is 0 Å². The topological polar surface area (TPSA) is 81.4 Å². The normalized spacial score (nSPS) is 15.3. The molecule has 96 valence electrons. The third-order valence-corrected chi connectivity index (χ3v) is 2.47. The van der Waals surface area contributed by atoms with E-state index in [1.54, 1.807) is 6.92 Å². The lowest BCUT2D eigenvalue weighted by Crippen LogP contribution is -2.49. The van der Waals surface area contributed by atoms with Gasteiger partial charge in [-0.25, -0.2) is 4.79 Å². The first kappa shape index (κ1) is 17.6. The highest BCUT2D eigenvalue weighted by atomic mass is 35.5. The van der Waals surface area contributed by atoms with Crippen LogP contribution < -0.4 is 11.1 Å². The molecule has 0 saturated heterocycles. The Morgan fingerprint density at radius 2 is 1.88 bits per heavy atom. The minimum absolute atomic E-state index is 0. The summed E-state index contributed by atoms with van der Waals surface area (Å²) in [5, 5.41) is 2.51. The van der Waals surface area contributed by atoms with Crippen LogP contribution in [-0.2, 0) is 14.3 Å². The molecule has 16 heavy (non-hydrogen) atoms. The van der Waals surface area contributed by atoms with Crippen molar-refractivity contribution in [1.82, 2.24) is 5.32 Å². The predicted molar refractivity (Wildman–Crippen MR) is 64.3 cm³/mol. The fourth-order valence-corrected chi connectivity index (χ4v) is 1.06. The van der Waals surface area contributed by atoms with Crippen molar-refractivity contribution < 1.29 is 14.3 Å². The van der Waals surface area contributed by atoms with Crippen molar-refractivity contribution in [2.24, 2.45) is 11.7 Å². The van der Waals surface area contributed by atoms with Crippen molar-refractivity contribution in [2.45, 2.75) is 39.3 Å². The zero-order valence-corrected chi connectivity index (χ0v) is 11.0. The summed E-state index contributed by atoms with van der Waals surface area (Å²) in [5.74, 6) is -0.697. The smallest absolute Gasteiger partial charge is 0.328 e. The van der Waals surface area contributed by atoms with Gasteiger partial charge in [0.15, 0.2) is 0 Å². The van der Waals surface area contributed by atoms with Crippen LogP contribution in [0, 0.1) is 5.92 Å². The number of rotatable bonds is 5. The van der Waals surface area contributed by atoms with E-state index in [1.807, 2.05) is 13.8 Å². The summed E-state index contributed by atoms with van der Waals surface area (Å²) < 4.78 is 4.48. The molecule has 0 heterocycles. The van der Waals surface area contributed by atoms with E-state index in [-0.39, 0.29) is 24.2 Å². The molecule has 0 aromatic heterocycles. The molecule has 0 spiro atoms. The molecule has 0 rings (SSSR count). The Morgan fingerprint density at radius 1 is 1.38 bits per heavy atom. The third-order valence-electron chi connectivity index (χ3n) is 2.47. The van der Waals surface area contributed by atoms with Crippen molar-refractivity contribution >= 4 is 24.3 Å². The van der Waals surface area contributed by atoms with Gasteiger partial charge in [-0.15, -0.1) is 12.4 Å². The van der Waals surface area contributed by atoms with Crippen LogP contribution in [0.5, 0.6) is 0 Å². The first-order valence-corrected chi connectivity index (χ1v) is 5.07. The Morgan fingerprint density at radius 3 is 2.25 bits per heavy atom. The second-order valence-corrected chi connectivity index (χ2v) is 3.66. The average Bonchev–Trinajstić information content (AvgIpc) is 2.25. The lowest BCUT2D eigenvalue weighted by Gasteiger charge is -2.19. The molecular weight excluding hydrogens is 232 g/mol. The maximum absolute atomic E-state index is 11.5. The number of methoxy groups -OCH3 is 1. The van der Waals surface area contributed by atoms with Crippen LogP contribution in [0.4, 0.5) is 0 Å². The summed E-state index contributed by atoms with van der Waals surface area (Å²) >= 11 is 0. The zero-order chi connectivity index (χ0) is 12.0. The summed E-state index contributed by atoms with van der Waals surface area (Å²) in [6.07, 6.45) is 0.821. The molecule has 1 amide bonds. The zero-order valence-electron chi connectivity index (χ0n) is 10.1. The van der Waals surface area contributed by atoms with E-state index in [1.165, 1.54) is 7.11 Å². The number of amides is 1. The van der Waals surface area contributed by atoms with Gasteiger partial charge < -0.3 is 15.8 Å². The predicted octanol–water partition coefficient (Wildman–Crippen LogP) is 0.459. The standard InChI is InChI=1S/C10H20N2O3.ClH/c1-5-6(2)8(11)9(13)12-7(3)10(14)15-4;/h6-8H,5,11H2,1-4H3,(H,12,13);1H/t6?,7-,8?;/m1./s1. The van der Waals surface area contributed by atoms with Gasteiger partial charge in [0.05, 0.1) is 13.2 Å². The van der Waals surface area contributed by atoms with Gasteiger partial charge in [0.25, 0.3) is 0 Å². The lowest BCUT2D eigenvalue weighted by atomic mass is 9.99. The molecular formula is C10H21ClN2O3. The SMILES string of the molecule is CCC(C)C(N)C(=O)N[C@H](C)C(=O)OC.Cl. The number of carbonyl (C=O) groups excluding carboxylic acids is 2. The van der Waals surface area contributed by atoms with Gasteiger partial charge in [-0.1, -0.05) is 20.3 Å². The maximum Gasteiger partial charge on any atom is 0.328 e. The number of esters is 1. The van der Waals surface area contributed by atoms with Crippen molar-refractivity contribution in [3.8, 4) is 0 Å². The van der Waals surface area contributed by atoms with Gasteiger partial charge in [-0.2, -0.15) is 0 Å². The van der Waals surface area contributed by atoms with E-state index in [4.69, 9.17) is 5.73 Å². The molecule has 2 unspecified atom stereocenters. The van der Waals surface area contributed by atoms with Gasteiger partial charge in [0, 0.05) is 0 Å². The van der Waals surface area contributed by atoms with Crippen LogP contribution in [0.15, 0.2) is 0 Å². The molecule has 6 heteroatoms. The van der Waals surface area contributed by atoms with Gasteiger partial charge in [0.2, 0.25) is 5.91 Å². The van der Waals surface area contributed by atoms with Crippen LogP contribution in [0.2, 0.25) is 0 Å². The van der Waals surface area contributed by atoms with E-state index in [0.717, 1.165) is 6.42 Å². The van der Waals surface area contributed by atoms with Gasteiger partial charge in [-0.3, -0.25) is 4.79 Å². The largest absolute Gasteiger partial charge is 0.467 e. The van der Waals surface area contributed by atoms with Crippen LogP contribution in [0.1, 0.15) is 27.2 Å². The number of carbonyl (C=O) groups is 2. The second-order valence-electron chi connectivity index (χ2n) is 3.66. The number of nitrogens with two attached hydrogens (primary N) is 1. The molecule has 0 aliphatic carbocycles. The molecule has 5 nitrogen and oxygen atoms in total. The summed E-state index contributed by atoms with van der Waals surface area (Å²) in [5.41, 5.74) is 5.70. The fraction of sp³-hybridized carbons (Fsp3) is 0.800. The maximum atomic E-state index is 11.5. The quantitative estimate of drug-likeness (QED) is 0.697. The van der Waals surface area contributed by atoms with E-state index in [0.29, 0.717) is 0 Å². The van der Waals surface area contributed by atoms with Crippen LogP contribution in [0.3, 0.4) is 0 Å². The number of halogens is 1. The Kier molecular flexibility index (Phi) is 9.18. The summed E-state index contributed by atoms with van der Waals surface area (Å²) in [7, 11) is 1.28. The van der Waals surface area contributed by atoms with Crippen LogP contribution >= 0.6 is 12.4 Å². The van der Waals surface area contributed by atoms with Crippen LogP contribution in [-0.4, -0.2) is 31.1 Å². The molecule has 0 aliphatic heterocycles. The molecule has 0 saturated carbocycles. The Balaban J connectivity index is 0. The van der Waals surface area contributed by atoms with Crippen molar-refractivity contribution in [2.75, 3.05) is 7.11 Å². The van der Waals surface area contributed by atoms with E-state index in [9.17, 15) is 9.59 Å². The van der Waals surface area contributed by atoms with Crippen molar-refractivity contribution in [3.63, 3.8) is 0 Å². The molecule has 0 aromatic carbocycles. The Labute approximate surface area is 103 Å². The van der Waals surface area contributed by atoms with Crippen molar-refractivity contribution in [3.05, 3.63) is 0 Å². The average molecular weight is 253 g/mol. The highest BCUT2D eigenvalue weighted by molar-refractivity contribution is 5.87. The summed E-state index contributed by atoms with van der Waals surface area (Å²) in [6.45, 7) is 5.42. The highest BCUT2D eigenvalue weighted by Gasteiger charge is 2.23.